The molecule has 0 saturated heterocycles. The van der Waals surface area contributed by atoms with Crippen molar-refractivity contribution in [1.82, 2.24) is 4.98 Å². The zero-order valence-electron chi connectivity index (χ0n) is 8.26. The first-order chi connectivity index (χ1) is 6.13. The third-order valence-electron chi connectivity index (χ3n) is 1.97. The van der Waals surface area contributed by atoms with Crippen LogP contribution in [-0.4, -0.2) is 11.0 Å². The first-order valence-electron chi connectivity index (χ1n) is 4.52. The van der Waals surface area contributed by atoms with Crippen LogP contribution in [0.3, 0.4) is 0 Å². The third-order valence-corrected chi connectivity index (χ3v) is 2.58. The lowest BCUT2D eigenvalue weighted by Crippen LogP contribution is -2.14. The zero-order valence-corrected chi connectivity index (χ0v) is 9.85. The molecule has 0 fully saturated rings. The monoisotopic (exact) mass is 242 g/mol. The molecule has 0 saturated carbocycles. The van der Waals surface area contributed by atoms with Crippen molar-refractivity contribution >= 4 is 21.7 Å². The van der Waals surface area contributed by atoms with E-state index in [9.17, 15) is 0 Å². The maximum absolute atomic E-state index is 4.31. The second-order valence-electron chi connectivity index (χ2n) is 3.30. The minimum Gasteiger partial charge on any atom is -0.367 e. The average molecular weight is 243 g/mol. The van der Waals surface area contributed by atoms with Gasteiger partial charge in [-0.15, -0.1) is 0 Å². The zero-order chi connectivity index (χ0) is 9.84. The second kappa shape index (κ2) is 4.61. The average Bonchev–Trinajstić information content (AvgIpc) is 2.09. The highest BCUT2D eigenvalue weighted by atomic mass is 79.9. The lowest BCUT2D eigenvalue weighted by atomic mass is 10.2. The number of aryl methyl sites for hydroxylation is 1. The van der Waals surface area contributed by atoms with Gasteiger partial charge in [0.1, 0.15) is 5.82 Å². The standard InChI is InChI=1S/C10H15BrN2/c1-4-8(3)13-10-9(11)5-7(2)6-12-10/h5-6,8H,4H2,1-3H3,(H,12,13). The molecule has 3 heteroatoms. The Hall–Kier alpha value is -0.570. The first kappa shape index (κ1) is 10.5. The van der Waals surface area contributed by atoms with Crippen molar-refractivity contribution < 1.29 is 0 Å². The molecule has 72 valence electrons. The smallest absolute Gasteiger partial charge is 0.140 e. The predicted octanol–water partition coefficient (Wildman–Crippen LogP) is 3.36. The summed E-state index contributed by atoms with van der Waals surface area (Å²) in [7, 11) is 0. The van der Waals surface area contributed by atoms with E-state index in [0.29, 0.717) is 6.04 Å². The van der Waals surface area contributed by atoms with Crippen LogP contribution in [0.25, 0.3) is 0 Å². The van der Waals surface area contributed by atoms with Crippen molar-refractivity contribution in [3.63, 3.8) is 0 Å². The summed E-state index contributed by atoms with van der Waals surface area (Å²) in [6.07, 6.45) is 2.97. The molecule has 0 aliphatic rings. The molecule has 0 aromatic carbocycles. The van der Waals surface area contributed by atoms with E-state index in [1.165, 1.54) is 5.56 Å². The number of hydrogen-bond acceptors (Lipinski definition) is 2. The lowest BCUT2D eigenvalue weighted by molar-refractivity contribution is 0.758. The number of nitrogens with one attached hydrogen (secondary N) is 1. The summed E-state index contributed by atoms with van der Waals surface area (Å²) in [6.45, 7) is 6.33. The summed E-state index contributed by atoms with van der Waals surface area (Å²) >= 11 is 3.48. The number of hydrogen-bond donors (Lipinski definition) is 1. The van der Waals surface area contributed by atoms with E-state index in [-0.39, 0.29) is 0 Å². The van der Waals surface area contributed by atoms with Crippen LogP contribution in [0, 0.1) is 6.92 Å². The summed E-state index contributed by atoms with van der Waals surface area (Å²) < 4.78 is 1.04. The molecule has 0 spiro atoms. The molecular weight excluding hydrogens is 228 g/mol. The molecular formula is C10H15BrN2. The Labute approximate surface area is 87.9 Å². The number of rotatable bonds is 3. The van der Waals surface area contributed by atoms with Crippen molar-refractivity contribution in [3.8, 4) is 0 Å². The van der Waals surface area contributed by atoms with E-state index >= 15 is 0 Å². The number of pyridine rings is 1. The minimum atomic E-state index is 0.464. The Kier molecular flexibility index (Phi) is 3.72. The van der Waals surface area contributed by atoms with Crippen LogP contribution in [0.2, 0.25) is 0 Å². The minimum absolute atomic E-state index is 0.464. The van der Waals surface area contributed by atoms with Crippen molar-refractivity contribution in [2.45, 2.75) is 33.2 Å². The lowest BCUT2D eigenvalue weighted by Gasteiger charge is -2.13. The van der Waals surface area contributed by atoms with E-state index < -0.39 is 0 Å². The van der Waals surface area contributed by atoms with Gasteiger partial charge in [0.15, 0.2) is 0 Å². The van der Waals surface area contributed by atoms with Gasteiger partial charge in [0.2, 0.25) is 0 Å². The Balaban J connectivity index is 2.77. The normalized spacial score (nSPS) is 12.6. The molecule has 0 bridgehead atoms. The van der Waals surface area contributed by atoms with Crippen molar-refractivity contribution in [2.24, 2.45) is 0 Å². The van der Waals surface area contributed by atoms with Crippen LogP contribution in [0.4, 0.5) is 5.82 Å². The molecule has 1 aromatic rings. The SMILES string of the molecule is CCC(C)Nc1ncc(C)cc1Br. The van der Waals surface area contributed by atoms with Gasteiger partial charge < -0.3 is 5.32 Å². The van der Waals surface area contributed by atoms with Gasteiger partial charge >= 0.3 is 0 Å². The fourth-order valence-corrected chi connectivity index (χ4v) is 1.55. The molecule has 0 amide bonds. The first-order valence-corrected chi connectivity index (χ1v) is 5.31. The molecule has 13 heavy (non-hydrogen) atoms. The van der Waals surface area contributed by atoms with Gasteiger partial charge in [-0.2, -0.15) is 0 Å². The molecule has 2 nitrogen and oxygen atoms in total. The van der Waals surface area contributed by atoms with Gasteiger partial charge in [-0.3, -0.25) is 0 Å². The van der Waals surface area contributed by atoms with E-state index in [1.807, 2.05) is 13.1 Å². The molecule has 1 aromatic heterocycles. The van der Waals surface area contributed by atoms with Crippen LogP contribution < -0.4 is 5.32 Å². The molecule has 0 radical (unpaired) electrons. The van der Waals surface area contributed by atoms with Gasteiger partial charge in [0.25, 0.3) is 0 Å². The van der Waals surface area contributed by atoms with Gasteiger partial charge in [0, 0.05) is 12.2 Å². The van der Waals surface area contributed by atoms with E-state index in [1.54, 1.807) is 0 Å². The summed E-state index contributed by atoms with van der Waals surface area (Å²) in [5, 5.41) is 3.33. The molecule has 1 N–H and O–H groups in total. The molecule has 1 unspecified atom stereocenters. The summed E-state index contributed by atoms with van der Waals surface area (Å²) in [5.74, 6) is 0.931. The molecule has 1 heterocycles. The Morgan fingerprint density at radius 1 is 1.62 bits per heavy atom. The summed E-state index contributed by atoms with van der Waals surface area (Å²) in [5.41, 5.74) is 1.17. The van der Waals surface area contributed by atoms with Gasteiger partial charge in [-0.25, -0.2) is 4.98 Å². The highest BCUT2D eigenvalue weighted by Gasteiger charge is 2.03. The van der Waals surface area contributed by atoms with Crippen molar-refractivity contribution in [3.05, 3.63) is 22.3 Å². The highest BCUT2D eigenvalue weighted by Crippen LogP contribution is 2.21. The van der Waals surface area contributed by atoms with Crippen LogP contribution in [0.1, 0.15) is 25.8 Å². The number of halogens is 1. The number of aromatic nitrogens is 1. The van der Waals surface area contributed by atoms with Crippen LogP contribution in [0.15, 0.2) is 16.7 Å². The van der Waals surface area contributed by atoms with Crippen LogP contribution in [0.5, 0.6) is 0 Å². The van der Waals surface area contributed by atoms with Gasteiger partial charge in [0.05, 0.1) is 4.47 Å². The number of anilines is 1. The van der Waals surface area contributed by atoms with Crippen LogP contribution >= 0.6 is 15.9 Å². The fraction of sp³-hybridized carbons (Fsp3) is 0.500. The summed E-state index contributed by atoms with van der Waals surface area (Å²) in [4.78, 5) is 4.31. The van der Waals surface area contributed by atoms with Crippen molar-refractivity contribution in [1.29, 1.82) is 0 Å². The molecule has 0 aliphatic carbocycles. The topological polar surface area (TPSA) is 24.9 Å². The van der Waals surface area contributed by atoms with Gasteiger partial charge in [-0.05, 0) is 47.8 Å². The third kappa shape index (κ3) is 2.99. The van der Waals surface area contributed by atoms with Gasteiger partial charge in [-0.1, -0.05) is 6.92 Å². The Bertz CT molecular complexity index is 286. The highest BCUT2D eigenvalue weighted by molar-refractivity contribution is 9.10. The Morgan fingerprint density at radius 2 is 2.31 bits per heavy atom. The summed E-state index contributed by atoms with van der Waals surface area (Å²) in [6, 6.07) is 2.53. The van der Waals surface area contributed by atoms with Crippen LogP contribution in [-0.2, 0) is 0 Å². The quantitative estimate of drug-likeness (QED) is 0.880. The Morgan fingerprint density at radius 3 is 2.85 bits per heavy atom. The van der Waals surface area contributed by atoms with E-state index in [0.717, 1.165) is 16.7 Å². The second-order valence-corrected chi connectivity index (χ2v) is 4.15. The molecule has 0 aliphatic heterocycles. The molecule has 1 rings (SSSR count). The molecule has 1 atom stereocenters. The largest absolute Gasteiger partial charge is 0.367 e. The van der Waals surface area contributed by atoms with E-state index in [2.05, 4.69) is 46.1 Å². The fourth-order valence-electron chi connectivity index (χ4n) is 0.975. The maximum Gasteiger partial charge on any atom is 0.140 e. The predicted molar refractivity (Wildman–Crippen MR) is 60.0 cm³/mol. The van der Waals surface area contributed by atoms with Crippen molar-refractivity contribution in [2.75, 3.05) is 5.32 Å². The van der Waals surface area contributed by atoms with E-state index in [4.69, 9.17) is 0 Å². The number of nitrogens with zero attached hydrogens (tertiary/aromatic N) is 1. The maximum atomic E-state index is 4.31.